The van der Waals surface area contributed by atoms with Crippen LogP contribution in [0.3, 0.4) is 0 Å². The van der Waals surface area contributed by atoms with Gasteiger partial charge in [-0.15, -0.1) is 12.4 Å². The van der Waals surface area contributed by atoms with Crippen molar-refractivity contribution in [1.82, 2.24) is 5.32 Å². The van der Waals surface area contributed by atoms with E-state index in [0.717, 1.165) is 4.47 Å². The molecule has 120 valence electrons. The van der Waals surface area contributed by atoms with Crippen LogP contribution in [0.15, 0.2) is 28.7 Å². The van der Waals surface area contributed by atoms with Gasteiger partial charge in [0.25, 0.3) is 0 Å². The van der Waals surface area contributed by atoms with Gasteiger partial charge < -0.3 is 11.1 Å². The van der Waals surface area contributed by atoms with Crippen LogP contribution in [0.4, 0.5) is 0 Å². The number of carbonyl (C=O) groups excluding carboxylic acids is 1. The molecule has 0 unspecified atom stereocenters. The molecule has 3 N–H and O–H groups in total. The molecule has 0 aliphatic carbocycles. The number of nitrogens with two attached hydrogens (primary N) is 1. The fourth-order valence-electron chi connectivity index (χ4n) is 1.51. The van der Waals surface area contributed by atoms with E-state index in [4.69, 9.17) is 5.73 Å². The van der Waals surface area contributed by atoms with Crippen LogP contribution in [-0.2, 0) is 20.4 Å². The largest absolute Gasteiger partial charge is 0.353 e. The number of carbonyl (C=O) groups is 1. The van der Waals surface area contributed by atoms with Crippen LogP contribution >= 0.6 is 28.3 Å². The van der Waals surface area contributed by atoms with E-state index in [1.165, 1.54) is 0 Å². The van der Waals surface area contributed by atoms with Crippen molar-refractivity contribution in [2.24, 2.45) is 5.73 Å². The van der Waals surface area contributed by atoms with Crippen molar-refractivity contribution in [1.29, 1.82) is 0 Å². The summed E-state index contributed by atoms with van der Waals surface area (Å²) in [5.74, 6) is -1.22. The summed E-state index contributed by atoms with van der Waals surface area (Å²) in [7, 11) is -3.49. The lowest BCUT2D eigenvalue weighted by Crippen LogP contribution is -2.46. The minimum absolute atomic E-state index is 0. The van der Waals surface area contributed by atoms with E-state index >= 15 is 0 Å². The first-order chi connectivity index (χ1) is 9.07. The van der Waals surface area contributed by atoms with E-state index in [1.807, 2.05) is 6.07 Å². The monoisotopic (exact) mass is 398 g/mol. The number of nitrogens with one attached hydrogen (secondary N) is 1. The summed E-state index contributed by atoms with van der Waals surface area (Å²) in [6.45, 7) is 3.74. The van der Waals surface area contributed by atoms with Crippen molar-refractivity contribution in [2.75, 3.05) is 12.3 Å². The first kappa shape index (κ1) is 20.4. The van der Waals surface area contributed by atoms with E-state index in [1.54, 1.807) is 32.0 Å². The first-order valence-electron chi connectivity index (χ1n) is 6.08. The predicted octanol–water partition coefficient (Wildman–Crippen LogP) is 1.64. The van der Waals surface area contributed by atoms with Crippen molar-refractivity contribution in [2.45, 2.75) is 25.1 Å². The molecule has 0 heterocycles. The molecule has 0 saturated carbocycles. The third-order valence-electron chi connectivity index (χ3n) is 2.37. The van der Waals surface area contributed by atoms with E-state index < -0.39 is 27.0 Å². The standard InChI is InChI=1S/C13H19BrN2O3S.ClH/c1-13(2,15)9-16-12(17)8-20(18,19)7-10-4-3-5-11(14)6-10;/h3-6H,7-9,15H2,1-2H3,(H,16,17);1H. The summed E-state index contributed by atoms with van der Waals surface area (Å²) >= 11 is 3.28. The highest BCUT2D eigenvalue weighted by Crippen LogP contribution is 2.14. The Morgan fingerprint density at radius 3 is 2.52 bits per heavy atom. The van der Waals surface area contributed by atoms with Gasteiger partial charge in [-0.25, -0.2) is 8.42 Å². The number of sulfone groups is 1. The van der Waals surface area contributed by atoms with Crippen LogP contribution in [0.2, 0.25) is 0 Å². The molecule has 1 aromatic carbocycles. The van der Waals surface area contributed by atoms with Gasteiger partial charge in [-0.1, -0.05) is 28.1 Å². The van der Waals surface area contributed by atoms with Gasteiger partial charge in [-0.05, 0) is 31.5 Å². The molecule has 1 amide bonds. The van der Waals surface area contributed by atoms with Crippen molar-refractivity contribution < 1.29 is 13.2 Å². The predicted molar refractivity (Wildman–Crippen MR) is 90.2 cm³/mol. The molecule has 5 nitrogen and oxygen atoms in total. The number of benzene rings is 1. The van der Waals surface area contributed by atoms with Crippen molar-refractivity contribution >= 4 is 44.1 Å². The third-order valence-corrected chi connectivity index (χ3v) is 4.34. The molecule has 1 aromatic rings. The summed E-state index contributed by atoms with van der Waals surface area (Å²) in [4.78, 5) is 11.6. The van der Waals surface area contributed by atoms with Gasteiger partial charge in [0.15, 0.2) is 9.84 Å². The number of rotatable bonds is 6. The Bertz CT molecular complexity index is 585. The normalized spacial score (nSPS) is 11.6. The zero-order chi connectivity index (χ0) is 15.4. The molecular weight excluding hydrogens is 380 g/mol. The molecule has 1 rings (SSSR count). The second-order valence-corrected chi connectivity index (χ2v) is 8.41. The fourth-order valence-corrected chi connectivity index (χ4v) is 3.25. The summed E-state index contributed by atoms with van der Waals surface area (Å²) < 4.78 is 24.7. The summed E-state index contributed by atoms with van der Waals surface area (Å²) in [6.07, 6.45) is 0. The van der Waals surface area contributed by atoms with Crippen LogP contribution in [0, 0.1) is 0 Å². The second-order valence-electron chi connectivity index (χ2n) is 5.43. The lowest BCUT2D eigenvalue weighted by molar-refractivity contribution is -0.118. The Hall–Kier alpha value is -0.630. The highest BCUT2D eigenvalue weighted by Gasteiger charge is 2.19. The maximum atomic E-state index is 11.9. The SMILES string of the molecule is CC(C)(N)CNC(=O)CS(=O)(=O)Cc1cccc(Br)c1.Cl. The number of amides is 1. The van der Waals surface area contributed by atoms with Gasteiger partial charge >= 0.3 is 0 Å². The minimum atomic E-state index is -3.49. The molecule has 21 heavy (non-hydrogen) atoms. The smallest absolute Gasteiger partial charge is 0.235 e. The van der Waals surface area contributed by atoms with Crippen molar-refractivity contribution in [3.05, 3.63) is 34.3 Å². The lowest BCUT2D eigenvalue weighted by atomic mass is 10.1. The minimum Gasteiger partial charge on any atom is -0.353 e. The van der Waals surface area contributed by atoms with Gasteiger partial charge in [0, 0.05) is 16.6 Å². The summed E-state index contributed by atoms with van der Waals surface area (Å²) in [5, 5.41) is 2.52. The molecule has 0 aliphatic heterocycles. The average molecular weight is 400 g/mol. The van der Waals surface area contributed by atoms with Crippen LogP contribution in [-0.4, -0.2) is 32.2 Å². The Morgan fingerprint density at radius 2 is 2.00 bits per heavy atom. The van der Waals surface area contributed by atoms with Gasteiger partial charge in [-0.3, -0.25) is 4.79 Å². The molecular formula is C13H20BrClN2O3S. The molecule has 0 aliphatic rings. The third kappa shape index (κ3) is 9.08. The van der Waals surface area contributed by atoms with Crippen LogP contribution < -0.4 is 11.1 Å². The Morgan fingerprint density at radius 1 is 1.38 bits per heavy atom. The van der Waals surface area contributed by atoms with Crippen molar-refractivity contribution in [3.63, 3.8) is 0 Å². The molecule has 0 atom stereocenters. The second kappa shape index (κ2) is 8.12. The highest BCUT2D eigenvalue weighted by atomic mass is 79.9. The maximum absolute atomic E-state index is 11.9. The van der Waals surface area contributed by atoms with Crippen LogP contribution in [0.5, 0.6) is 0 Å². The van der Waals surface area contributed by atoms with Crippen LogP contribution in [0.25, 0.3) is 0 Å². The van der Waals surface area contributed by atoms with Crippen LogP contribution in [0.1, 0.15) is 19.4 Å². The molecule has 0 saturated heterocycles. The van der Waals surface area contributed by atoms with Gasteiger partial charge in [0.1, 0.15) is 5.75 Å². The lowest BCUT2D eigenvalue weighted by Gasteiger charge is -2.18. The molecule has 0 spiro atoms. The number of halogens is 2. The molecule has 0 radical (unpaired) electrons. The van der Waals surface area contributed by atoms with Gasteiger partial charge in [0.05, 0.1) is 5.75 Å². The maximum Gasteiger partial charge on any atom is 0.235 e. The van der Waals surface area contributed by atoms with E-state index in [-0.39, 0.29) is 24.7 Å². The quantitative estimate of drug-likeness (QED) is 0.761. The van der Waals surface area contributed by atoms with Gasteiger partial charge in [0.2, 0.25) is 5.91 Å². The zero-order valence-corrected chi connectivity index (χ0v) is 15.1. The molecule has 0 aromatic heterocycles. The Balaban J connectivity index is 0.00000400. The number of hydrogen-bond acceptors (Lipinski definition) is 4. The average Bonchev–Trinajstić information content (AvgIpc) is 2.24. The molecule has 8 heteroatoms. The first-order valence-corrected chi connectivity index (χ1v) is 8.69. The number of hydrogen-bond donors (Lipinski definition) is 2. The Labute approximate surface area is 140 Å². The topological polar surface area (TPSA) is 89.3 Å². The van der Waals surface area contributed by atoms with E-state index in [2.05, 4.69) is 21.2 Å². The Kier molecular flexibility index (Phi) is 7.88. The fraction of sp³-hybridized carbons (Fsp3) is 0.462. The van der Waals surface area contributed by atoms with Gasteiger partial charge in [-0.2, -0.15) is 0 Å². The van der Waals surface area contributed by atoms with E-state index in [9.17, 15) is 13.2 Å². The van der Waals surface area contributed by atoms with Crippen molar-refractivity contribution in [3.8, 4) is 0 Å². The highest BCUT2D eigenvalue weighted by molar-refractivity contribution is 9.10. The molecule has 0 bridgehead atoms. The zero-order valence-electron chi connectivity index (χ0n) is 11.9. The molecule has 0 fully saturated rings. The summed E-state index contributed by atoms with van der Waals surface area (Å²) in [5.41, 5.74) is 5.80. The summed E-state index contributed by atoms with van der Waals surface area (Å²) in [6, 6.07) is 7.00. The van der Waals surface area contributed by atoms with E-state index in [0.29, 0.717) is 5.56 Å².